The van der Waals surface area contributed by atoms with E-state index in [-0.39, 0.29) is 11.7 Å². The fraction of sp³-hybridized carbons (Fsp3) is 0.364. The van der Waals surface area contributed by atoms with Crippen molar-refractivity contribution in [1.82, 2.24) is 24.6 Å². The molecule has 0 bridgehead atoms. The largest absolute Gasteiger partial charge is 0.508 e. The van der Waals surface area contributed by atoms with Gasteiger partial charge in [0.25, 0.3) is 0 Å². The number of pyridine rings is 1. The zero-order valence-electron chi connectivity index (χ0n) is 17.1. The van der Waals surface area contributed by atoms with Crippen molar-refractivity contribution in [3.63, 3.8) is 0 Å². The minimum absolute atomic E-state index is 0.128. The van der Waals surface area contributed by atoms with Gasteiger partial charge in [0.1, 0.15) is 5.75 Å². The maximum atomic E-state index is 12.8. The molecule has 0 atom stereocenters. The van der Waals surface area contributed by atoms with Gasteiger partial charge in [-0.3, -0.25) is 14.3 Å². The molecule has 1 aliphatic heterocycles. The molecule has 160 valence electrons. The van der Waals surface area contributed by atoms with Crippen LogP contribution in [0.25, 0.3) is 11.4 Å². The Kier molecular flexibility index (Phi) is 5.50. The smallest absolute Gasteiger partial charge is 0.233 e. The van der Waals surface area contributed by atoms with Crippen molar-refractivity contribution in [2.24, 2.45) is 0 Å². The molecule has 9 heteroatoms. The molecule has 5 rings (SSSR count). The lowest BCUT2D eigenvalue weighted by Crippen LogP contribution is -2.49. The van der Waals surface area contributed by atoms with Gasteiger partial charge in [0.2, 0.25) is 5.91 Å². The van der Waals surface area contributed by atoms with E-state index in [1.165, 1.54) is 11.8 Å². The van der Waals surface area contributed by atoms with Crippen LogP contribution in [-0.2, 0) is 4.79 Å². The second kappa shape index (κ2) is 8.58. The lowest BCUT2D eigenvalue weighted by molar-refractivity contribution is -0.128. The van der Waals surface area contributed by atoms with E-state index in [0.29, 0.717) is 24.9 Å². The van der Waals surface area contributed by atoms with E-state index in [2.05, 4.69) is 24.6 Å². The van der Waals surface area contributed by atoms with E-state index in [1.54, 1.807) is 24.5 Å². The lowest BCUT2D eigenvalue weighted by Gasteiger charge is -2.36. The first-order chi connectivity index (χ1) is 15.2. The summed E-state index contributed by atoms with van der Waals surface area (Å²) < 4.78 is 2.16. The number of aromatic nitrogens is 4. The number of phenolic OH excluding ortho intramolecular Hbond substituents is 1. The molecule has 1 amide bonds. The van der Waals surface area contributed by atoms with Crippen molar-refractivity contribution >= 4 is 23.4 Å². The van der Waals surface area contributed by atoms with Crippen LogP contribution in [-0.4, -0.2) is 67.6 Å². The molecule has 2 fully saturated rings. The van der Waals surface area contributed by atoms with Gasteiger partial charge in [-0.15, -0.1) is 10.2 Å². The molecule has 0 radical (unpaired) electrons. The molecule has 0 spiro atoms. The van der Waals surface area contributed by atoms with Crippen LogP contribution in [0.4, 0.5) is 5.69 Å². The maximum absolute atomic E-state index is 12.8. The number of hydrogen-bond acceptors (Lipinski definition) is 7. The van der Waals surface area contributed by atoms with Crippen molar-refractivity contribution in [2.45, 2.75) is 24.0 Å². The summed E-state index contributed by atoms with van der Waals surface area (Å²) in [5.41, 5.74) is 2.02. The third-order valence-corrected chi connectivity index (χ3v) is 6.60. The van der Waals surface area contributed by atoms with Crippen molar-refractivity contribution in [3.05, 3.63) is 48.8 Å². The minimum Gasteiger partial charge on any atom is -0.508 e. The number of rotatable bonds is 6. The van der Waals surface area contributed by atoms with Gasteiger partial charge in [0, 0.05) is 55.9 Å². The zero-order chi connectivity index (χ0) is 21.2. The molecule has 2 aromatic heterocycles. The number of hydrogen-bond donors (Lipinski definition) is 1. The molecule has 2 aliphatic rings. The number of nitrogens with zero attached hydrogens (tertiary/aromatic N) is 6. The molecular formula is C22H24N6O2S. The average molecular weight is 437 g/mol. The number of phenols is 1. The van der Waals surface area contributed by atoms with Gasteiger partial charge in [0.05, 0.1) is 5.75 Å². The fourth-order valence-corrected chi connectivity index (χ4v) is 4.73. The summed E-state index contributed by atoms with van der Waals surface area (Å²) in [5.74, 6) is 1.58. The van der Waals surface area contributed by atoms with Crippen LogP contribution < -0.4 is 4.90 Å². The quantitative estimate of drug-likeness (QED) is 0.595. The summed E-state index contributed by atoms with van der Waals surface area (Å²) in [7, 11) is 0. The molecule has 8 nitrogen and oxygen atoms in total. The molecule has 1 saturated carbocycles. The highest BCUT2D eigenvalue weighted by molar-refractivity contribution is 7.99. The third kappa shape index (κ3) is 4.36. The highest BCUT2D eigenvalue weighted by Crippen LogP contribution is 2.41. The monoisotopic (exact) mass is 436 g/mol. The highest BCUT2D eigenvalue weighted by Gasteiger charge is 2.31. The topological polar surface area (TPSA) is 87.4 Å². The van der Waals surface area contributed by atoms with Crippen molar-refractivity contribution < 1.29 is 9.90 Å². The Morgan fingerprint density at radius 3 is 2.52 bits per heavy atom. The number of benzene rings is 1. The van der Waals surface area contributed by atoms with Crippen LogP contribution in [0.1, 0.15) is 18.9 Å². The standard InChI is InChI=1S/C22H24N6O2S/c29-19-7-5-17(6-8-19)26-10-12-27(13-11-26)20(30)15-31-22-25-24-21(28(22)18-3-4-18)16-2-1-9-23-14-16/h1-2,5-9,14,18,29H,3-4,10-13,15H2. The summed E-state index contributed by atoms with van der Waals surface area (Å²) >= 11 is 1.47. The number of aromatic hydroxyl groups is 1. The van der Waals surface area contributed by atoms with E-state index >= 15 is 0 Å². The summed E-state index contributed by atoms with van der Waals surface area (Å²) in [6.45, 7) is 2.95. The number of anilines is 1. The van der Waals surface area contributed by atoms with Crippen molar-refractivity contribution in [1.29, 1.82) is 0 Å². The van der Waals surface area contributed by atoms with Gasteiger partial charge in [-0.25, -0.2) is 0 Å². The van der Waals surface area contributed by atoms with E-state index in [4.69, 9.17) is 0 Å². The molecule has 0 unspecified atom stereocenters. The first-order valence-electron chi connectivity index (χ1n) is 10.5. The zero-order valence-corrected chi connectivity index (χ0v) is 17.9. The molecule has 3 heterocycles. The Bertz CT molecular complexity index is 1040. The van der Waals surface area contributed by atoms with Gasteiger partial charge >= 0.3 is 0 Å². The Morgan fingerprint density at radius 2 is 1.84 bits per heavy atom. The first kappa shape index (κ1) is 19.9. The second-order valence-electron chi connectivity index (χ2n) is 7.82. The number of amides is 1. The van der Waals surface area contributed by atoms with Crippen LogP contribution in [0.3, 0.4) is 0 Å². The van der Waals surface area contributed by atoms with E-state index in [9.17, 15) is 9.90 Å². The van der Waals surface area contributed by atoms with Crippen molar-refractivity contribution in [2.75, 3.05) is 36.8 Å². The molecule has 31 heavy (non-hydrogen) atoms. The minimum atomic E-state index is 0.128. The predicted octanol–water partition coefficient (Wildman–Crippen LogP) is 2.82. The van der Waals surface area contributed by atoms with E-state index in [1.807, 2.05) is 29.2 Å². The highest BCUT2D eigenvalue weighted by atomic mass is 32.2. The van der Waals surface area contributed by atoms with Gasteiger partial charge in [-0.05, 0) is 49.2 Å². The molecular weight excluding hydrogens is 412 g/mol. The number of thioether (sulfide) groups is 1. The predicted molar refractivity (Wildman–Crippen MR) is 119 cm³/mol. The summed E-state index contributed by atoms with van der Waals surface area (Å²) in [5, 5.41) is 19.0. The molecule has 1 aromatic carbocycles. The SMILES string of the molecule is O=C(CSc1nnc(-c2cccnc2)n1C1CC1)N1CCN(c2ccc(O)cc2)CC1. The van der Waals surface area contributed by atoms with Crippen LogP contribution in [0.2, 0.25) is 0 Å². The van der Waals surface area contributed by atoms with Crippen LogP contribution in [0.15, 0.2) is 53.9 Å². The number of carbonyl (C=O) groups excluding carboxylic acids is 1. The van der Waals surface area contributed by atoms with Gasteiger partial charge in [0.15, 0.2) is 11.0 Å². The number of carbonyl (C=O) groups is 1. The Labute approximate surface area is 184 Å². The Morgan fingerprint density at radius 1 is 1.06 bits per heavy atom. The van der Waals surface area contributed by atoms with Gasteiger partial charge in [-0.1, -0.05) is 11.8 Å². The number of piperazine rings is 1. The Balaban J connectivity index is 1.20. The Hall–Kier alpha value is -3.07. The van der Waals surface area contributed by atoms with Crippen molar-refractivity contribution in [3.8, 4) is 17.1 Å². The maximum Gasteiger partial charge on any atom is 0.233 e. The van der Waals surface area contributed by atoms with Gasteiger partial charge in [-0.2, -0.15) is 0 Å². The van der Waals surface area contributed by atoms with Gasteiger partial charge < -0.3 is 14.9 Å². The van der Waals surface area contributed by atoms with Crippen LogP contribution in [0, 0.1) is 0 Å². The molecule has 1 N–H and O–H groups in total. The van der Waals surface area contributed by atoms with E-state index in [0.717, 1.165) is 48.2 Å². The summed E-state index contributed by atoms with van der Waals surface area (Å²) in [6, 6.07) is 11.5. The second-order valence-corrected chi connectivity index (χ2v) is 8.76. The normalized spacial score (nSPS) is 16.5. The van der Waals surface area contributed by atoms with Crippen LogP contribution >= 0.6 is 11.8 Å². The summed E-state index contributed by atoms with van der Waals surface area (Å²) in [4.78, 5) is 21.2. The molecule has 1 saturated heterocycles. The van der Waals surface area contributed by atoms with E-state index < -0.39 is 0 Å². The summed E-state index contributed by atoms with van der Waals surface area (Å²) in [6.07, 6.45) is 5.78. The third-order valence-electron chi connectivity index (χ3n) is 5.67. The molecule has 1 aliphatic carbocycles. The fourth-order valence-electron chi connectivity index (χ4n) is 3.82. The van der Waals surface area contributed by atoms with Crippen LogP contribution in [0.5, 0.6) is 5.75 Å². The average Bonchev–Trinajstić information content (AvgIpc) is 3.57. The molecule has 3 aromatic rings. The first-order valence-corrected chi connectivity index (χ1v) is 11.5. The lowest BCUT2D eigenvalue weighted by atomic mass is 10.2.